The third-order valence-electron chi connectivity index (χ3n) is 6.15. The molecule has 1 N–H and O–H groups in total. The van der Waals surface area contributed by atoms with E-state index < -0.39 is 0 Å². The molecule has 4 heteroatoms. The van der Waals surface area contributed by atoms with Crippen LogP contribution in [0.5, 0.6) is 0 Å². The summed E-state index contributed by atoms with van der Waals surface area (Å²) in [5, 5.41) is 3.18. The number of allylic oxidation sites excluding steroid dienone is 1. The van der Waals surface area contributed by atoms with Gasteiger partial charge in [-0.05, 0) is 60.8 Å². The van der Waals surface area contributed by atoms with Crippen molar-refractivity contribution in [3.05, 3.63) is 77.4 Å². The second kappa shape index (κ2) is 12.8. The molecule has 0 spiro atoms. The fraction of sp³-hybridized carbons (Fsp3) is 0.429. The van der Waals surface area contributed by atoms with Gasteiger partial charge in [-0.25, -0.2) is 0 Å². The minimum Gasteiger partial charge on any atom is -0.469 e. The summed E-state index contributed by atoms with van der Waals surface area (Å²) in [6.07, 6.45) is 10.7. The maximum atomic E-state index is 12.6. The molecule has 0 saturated carbocycles. The number of carbonyl (C=O) groups is 2. The lowest BCUT2D eigenvalue weighted by Gasteiger charge is -2.20. The van der Waals surface area contributed by atoms with Crippen LogP contribution in [-0.4, -0.2) is 25.0 Å². The third-order valence-corrected chi connectivity index (χ3v) is 6.15. The second-order valence-corrected chi connectivity index (χ2v) is 8.57. The summed E-state index contributed by atoms with van der Waals surface area (Å²) >= 11 is 0. The third kappa shape index (κ3) is 7.67. The number of amides is 1. The van der Waals surface area contributed by atoms with Crippen LogP contribution in [0.3, 0.4) is 0 Å². The molecule has 170 valence electrons. The Morgan fingerprint density at radius 3 is 2.50 bits per heavy atom. The Labute approximate surface area is 192 Å². The first-order valence-electron chi connectivity index (χ1n) is 11.8. The van der Waals surface area contributed by atoms with Crippen molar-refractivity contribution in [2.24, 2.45) is 0 Å². The van der Waals surface area contributed by atoms with Gasteiger partial charge in [-0.15, -0.1) is 0 Å². The molecule has 1 atom stereocenters. The van der Waals surface area contributed by atoms with Gasteiger partial charge in [0.05, 0.1) is 7.11 Å². The average Bonchev–Trinajstić information content (AvgIpc) is 3.23. The second-order valence-electron chi connectivity index (χ2n) is 8.57. The molecule has 0 heterocycles. The van der Waals surface area contributed by atoms with Crippen molar-refractivity contribution in [3.8, 4) is 0 Å². The van der Waals surface area contributed by atoms with E-state index in [4.69, 9.17) is 4.74 Å². The van der Waals surface area contributed by atoms with Crippen LogP contribution in [0.15, 0.2) is 60.7 Å². The van der Waals surface area contributed by atoms with Gasteiger partial charge in [0.15, 0.2) is 0 Å². The zero-order valence-corrected chi connectivity index (χ0v) is 19.1. The molecule has 1 amide bonds. The summed E-state index contributed by atoms with van der Waals surface area (Å²) in [6, 6.07) is 18.9. The van der Waals surface area contributed by atoms with E-state index in [-0.39, 0.29) is 17.9 Å². The Bertz CT molecular complexity index is 904. The van der Waals surface area contributed by atoms with Gasteiger partial charge in [0.1, 0.15) is 0 Å². The summed E-state index contributed by atoms with van der Waals surface area (Å²) in [6.45, 7) is 0. The van der Waals surface area contributed by atoms with Crippen molar-refractivity contribution in [3.63, 3.8) is 0 Å². The Kier molecular flexibility index (Phi) is 9.55. The maximum Gasteiger partial charge on any atom is 0.305 e. The Balaban J connectivity index is 1.42. The number of carbonyl (C=O) groups excluding carboxylic acids is 2. The van der Waals surface area contributed by atoms with Gasteiger partial charge in [0.25, 0.3) is 0 Å². The molecule has 2 aromatic rings. The highest BCUT2D eigenvalue weighted by Crippen LogP contribution is 2.31. The molecule has 0 aliphatic heterocycles. The topological polar surface area (TPSA) is 55.4 Å². The summed E-state index contributed by atoms with van der Waals surface area (Å²) in [5.41, 5.74) is 5.23. The number of fused-ring (bicyclic) bond motifs is 1. The maximum absolute atomic E-state index is 12.6. The van der Waals surface area contributed by atoms with E-state index in [1.807, 2.05) is 6.07 Å². The zero-order chi connectivity index (χ0) is 22.6. The number of benzene rings is 2. The molecular formula is C28H35NO3. The van der Waals surface area contributed by atoms with E-state index in [0.717, 1.165) is 44.9 Å². The van der Waals surface area contributed by atoms with Crippen molar-refractivity contribution < 1.29 is 14.3 Å². The van der Waals surface area contributed by atoms with E-state index in [9.17, 15) is 9.59 Å². The minimum absolute atomic E-state index is 0.0583. The molecule has 32 heavy (non-hydrogen) atoms. The molecule has 0 radical (unpaired) electrons. The molecular weight excluding hydrogens is 398 g/mol. The van der Waals surface area contributed by atoms with Crippen molar-refractivity contribution in [2.75, 3.05) is 7.11 Å². The first-order chi connectivity index (χ1) is 15.7. The lowest BCUT2D eigenvalue weighted by atomic mass is 9.97. The largest absolute Gasteiger partial charge is 0.469 e. The molecule has 1 aliphatic carbocycles. The molecule has 1 aliphatic rings. The van der Waals surface area contributed by atoms with Crippen molar-refractivity contribution in [1.29, 1.82) is 0 Å². The number of unbranched alkanes of at least 4 members (excludes halogenated alkanes) is 3. The van der Waals surface area contributed by atoms with Gasteiger partial charge < -0.3 is 10.1 Å². The summed E-state index contributed by atoms with van der Waals surface area (Å²) in [4.78, 5) is 24.3. The summed E-state index contributed by atoms with van der Waals surface area (Å²) < 4.78 is 4.80. The quantitative estimate of drug-likeness (QED) is 0.328. The normalized spacial score (nSPS) is 13.2. The fourth-order valence-corrected chi connectivity index (χ4v) is 4.35. The van der Waals surface area contributed by atoms with Crippen LogP contribution in [0, 0.1) is 0 Å². The molecule has 0 saturated heterocycles. The molecule has 0 fully saturated rings. The Hall–Kier alpha value is -2.88. The van der Waals surface area contributed by atoms with Crippen molar-refractivity contribution in [1.82, 2.24) is 5.32 Å². The highest BCUT2D eigenvalue weighted by atomic mass is 16.5. The van der Waals surface area contributed by atoms with Crippen molar-refractivity contribution in [2.45, 2.75) is 70.3 Å². The number of hydrogen-bond donors (Lipinski definition) is 1. The molecule has 3 rings (SSSR count). The van der Waals surface area contributed by atoms with Crippen molar-refractivity contribution >= 4 is 17.4 Å². The summed E-state index contributed by atoms with van der Waals surface area (Å²) in [7, 11) is 1.41. The van der Waals surface area contributed by atoms with E-state index in [1.165, 1.54) is 29.4 Å². The monoisotopic (exact) mass is 433 g/mol. The number of aryl methyl sites for hydroxylation is 1. The van der Waals surface area contributed by atoms with Gasteiger partial charge >= 0.3 is 5.97 Å². The van der Waals surface area contributed by atoms with E-state index in [1.54, 1.807) is 0 Å². The number of methoxy groups -OCH3 is 1. The highest BCUT2D eigenvalue weighted by Gasteiger charge is 2.20. The highest BCUT2D eigenvalue weighted by molar-refractivity contribution is 5.78. The van der Waals surface area contributed by atoms with Crippen LogP contribution < -0.4 is 5.32 Å². The van der Waals surface area contributed by atoms with Gasteiger partial charge in [-0.2, -0.15) is 0 Å². The van der Waals surface area contributed by atoms with Crippen LogP contribution in [0.4, 0.5) is 0 Å². The lowest BCUT2D eigenvalue weighted by molar-refractivity contribution is -0.141. The Morgan fingerprint density at radius 1 is 0.938 bits per heavy atom. The predicted molar refractivity (Wildman–Crippen MR) is 129 cm³/mol. The molecule has 0 aromatic heterocycles. The summed E-state index contributed by atoms with van der Waals surface area (Å²) in [5.74, 6) is -0.154. The Morgan fingerprint density at radius 2 is 1.69 bits per heavy atom. The van der Waals surface area contributed by atoms with Crippen LogP contribution in [-0.2, 0) is 27.2 Å². The number of esters is 1. The van der Waals surface area contributed by atoms with E-state index in [0.29, 0.717) is 19.3 Å². The molecule has 0 bridgehead atoms. The minimum atomic E-state index is -0.233. The number of nitrogens with one attached hydrogen (secondary N) is 1. The predicted octanol–water partition coefficient (Wildman–Crippen LogP) is 5.65. The van der Waals surface area contributed by atoms with Crippen LogP contribution in [0.1, 0.15) is 68.1 Å². The first kappa shape index (κ1) is 23.8. The molecule has 0 unspecified atom stereocenters. The lowest BCUT2D eigenvalue weighted by Crippen LogP contribution is -2.35. The van der Waals surface area contributed by atoms with Gasteiger partial charge in [0.2, 0.25) is 5.91 Å². The average molecular weight is 434 g/mol. The zero-order valence-electron chi connectivity index (χ0n) is 19.1. The fourth-order valence-electron chi connectivity index (χ4n) is 4.35. The van der Waals surface area contributed by atoms with Gasteiger partial charge in [-0.3, -0.25) is 9.59 Å². The van der Waals surface area contributed by atoms with Gasteiger partial charge in [0, 0.05) is 18.9 Å². The number of ether oxygens (including phenoxy) is 1. The van der Waals surface area contributed by atoms with Crippen LogP contribution in [0.2, 0.25) is 0 Å². The first-order valence-corrected chi connectivity index (χ1v) is 11.8. The SMILES string of the molecule is COC(=O)CC[C@@H](CC1=CCc2ccccc21)NC(=O)CCCCCCc1ccccc1. The molecule has 4 nitrogen and oxygen atoms in total. The number of hydrogen-bond acceptors (Lipinski definition) is 3. The van der Waals surface area contributed by atoms with Crippen LogP contribution in [0.25, 0.3) is 5.57 Å². The standard InChI is InChI=1S/C28H35NO3/c1-32-28(31)20-19-25(21-24-18-17-23-14-9-10-15-26(23)24)29-27(30)16-8-3-2-5-11-22-12-6-4-7-13-22/h4,6-7,9-10,12-15,18,25H,2-3,5,8,11,16-17,19-21H2,1H3,(H,29,30)/t25-/m0/s1. The van der Waals surface area contributed by atoms with E-state index in [2.05, 4.69) is 59.9 Å². The molecule has 2 aromatic carbocycles. The van der Waals surface area contributed by atoms with E-state index >= 15 is 0 Å². The van der Waals surface area contributed by atoms with Crippen LogP contribution >= 0.6 is 0 Å². The van der Waals surface area contributed by atoms with Gasteiger partial charge in [-0.1, -0.05) is 73.5 Å². The number of rotatable bonds is 13. The smallest absolute Gasteiger partial charge is 0.305 e.